The average molecular weight is 302 g/mol. The highest BCUT2D eigenvalue weighted by molar-refractivity contribution is 5.86. The summed E-state index contributed by atoms with van der Waals surface area (Å²) in [5.74, 6) is -0.262. The fourth-order valence-corrected chi connectivity index (χ4v) is 1.70. The molecule has 0 fully saturated rings. The predicted octanol–water partition coefficient (Wildman–Crippen LogP) is 1.02. The molecule has 0 radical (unpaired) electrons. The van der Waals surface area contributed by atoms with E-state index in [9.17, 15) is 9.59 Å². The van der Waals surface area contributed by atoms with E-state index in [0.717, 1.165) is 0 Å². The zero-order valence-electron chi connectivity index (χ0n) is 14.0. The highest BCUT2D eigenvalue weighted by Crippen LogP contribution is 2.19. The van der Waals surface area contributed by atoms with Gasteiger partial charge in [0.25, 0.3) is 0 Å². The van der Waals surface area contributed by atoms with Crippen LogP contribution in [0.4, 0.5) is 0 Å². The van der Waals surface area contributed by atoms with Crippen LogP contribution >= 0.6 is 0 Å². The van der Waals surface area contributed by atoms with Crippen molar-refractivity contribution in [1.82, 2.24) is 5.32 Å². The number of hydrogen-bond donors (Lipinski definition) is 2. The van der Waals surface area contributed by atoms with Gasteiger partial charge < -0.3 is 20.5 Å². The van der Waals surface area contributed by atoms with Crippen LogP contribution in [0.3, 0.4) is 0 Å². The first-order valence-corrected chi connectivity index (χ1v) is 7.38. The molecule has 0 aliphatic carbocycles. The molecule has 3 N–H and O–H groups in total. The largest absolute Gasteiger partial charge is 0.460 e. The minimum absolute atomic E-state index is 0.0196. The lowest BCUT2D eigenvalue weighted by Crippen LogP contribution is -2.38. The maximum atomic E-state index is 11.8. The first kappa shape index (κ1) is 20.0. The summed E-state index contributed by atoms with van der Waals surface area (Å²) >= 11 is 0. The van der Waals surface area contributed by atoms with Crippen molar-refractivity contribution in [3.05, 3.63) is 0 Å². The highest BCUT2D eigenvalue weighted by Gasteiger charge is 2.29. The number of hydrogen-bond acceptors (Lipinski definition) is 6. The quantitative estimate of drug-likeness (QED) is 0.554. The molecule has 21 heavy (non-hydrogen) atoms. The SMILES string of the molecule is CNCCC(=O)OC(C)(C)CCOC(C)(C)C(=O)CCN. The van der Waals surface area contributed by atoms with Crippen molar-refractivity contribution in [3.8, 4) is 0 Å². The molecule has 6 heteroatoms. The molecule has 0 rings (SSSR count). The Hall–Kier alpha value is -0.980. The Kier molecular flexibility index (Phi) is 8.70. The summed E-state index contributed by atoms with van der Waals surface area (Å²) < 4.78 is 11.0. The summed E-state index contributed by atoms with van der Waals surface area (Å²) in [6.07, 6.45) is 1.16. The number of ether oxygens (including phenoxy) is 2. The molecule has 0 aromatic carbocycles. The molecule has 0 heterocycles. The molecule has 6 nitrogen and oxygen atoms in total. The Morgan fingerprint density at radius 3 is 2.29 bits per heavy atom. The summed E-state index contributed by atoms with van der Waals surface area (Å²) in [6, 6.07) is 0. The normalized spacial score (nSPS) is 12.3. The average Bonchev–Trinajstić information content (AvgIpc) is 2.35. The van der Waals surface area contributed by atoms with Crippen LogP contribution in [0, 0.1) is 0 Å². The molecular formula is C15H30N2O4. The van der Waals surface area contributed by atoms with Gasteiger partial charge in [-0.3, -0.25) is 9.59 Å². The Morgan fingerprint density at radius 2 is 1.76 bits per heavy atom. The zero-order valence-corrected chi connectivity index (χ0v) is 14.0. The lowest BCUT2D eigenvalue weighted by molar-refractivity contribution is -0.160. The zero-order chi connectivity index (χ0) is 16.5. The van der Waals surface area contributed by atoms with Crippen molar-refractivity contribution in [1.29, 1.82) is 0 Å². The Morgan fingerprint density at radius 1 is 1.14 bits per heavy atom. The monoisotopic (exact) mass is 302 g/mol. The van der Waals surface area contributed by atoms with Crippen molar-refractivity contribution in [3.63, 3.8) is 0 Å². The van der Waals surface area contributed by atoms with E-state index in [0.29, 0.717) is 39.0 Å². The van der Waals surface area contributed by atoms with Crippen LogP contribution in [0.5, 0.6) is 0 Å². The smallest absolute Gasteiger partial charge is 0.307 e. The van der Waals surface area contributed by atoms with Gasteiger partial charge in [0.15, 0.2) is 5.78 Å². The van der Waals surface area contributed by atoms with Crippen LogP contribution in [-0.2, 0) is 19.1 Å². The maximum absolute atomic E-state index is 11.8. The van der Waals surface area contributed by atoms with Gasteiger partial charge in [-0.1, -0.05) is 0 Å². The summed E-state index contributed by atoms with van der Waals surface area (Å²) in [5, 5.41) is 2.90. The van der Waals surface area contributed by atoms with E-state index < -0.39 is 11.2 Å². The summed E-state index contributed by atoms with van der Waals surface area (Å²) in [6.45, 7) is 8.39. The second kappa shape index (κ2) is 9.12. The summed E-state index contributed by atoms with van der Waals surface area (Å²) in [7, 11) is 1.78. The molecule has 0 aromatic rings. The van der Waals surface area contributed by atoms with Gasteiger partial charge in [0.05, 0.1) is 13.0 Å². The molecule has 0 unspecified atom stereocenters. The van der Waals surface area contributed by atoms with E-state index in [2.05, 4.69) is 5.32 Å². The number of carbonyl (C=O) groups excluding carboxylic acids is 2. The van der Waals surface area contributed by atoms with Gasteiger partial charge >= 0.3 is 5.97 Å². The van der Waals surface area contributed by atoms with E-state index >= 15 is 0 Å². The topological polar surface area (TPSA) is 90.6 Å². The van der Waals surface area contributed by atoms with Gasteiger partial charge in [-0.2, -0.15) is 0 Å². The third-order valence-electron chi connectivity index (χ3n) is 3.18. The van der Waals surface area contributed by atoms with Crippen LogP contribution < -0.4 is 11.1 Å². The molecule has 0 spiro atoms. The second-order valence-corrected chi connectivity index (χ2v) is 6.16. The van der Waals surface area contributed by atoms with Crippen LogP contribution in [0.25, 0.3) is 0 Å². The van der Waals surface area contributed by atoms with Crippen LogP contribution in [0.1, 0.15) is 47.0 Å². The molecule has 124 valence electrons. The third kappa shape index (κ3) is 8.80. The van der Waals surface area contributed by atoms with Crippen LogP contribution in [0.15, 0.2) is 0 Å². The van der Waals surface area contributed by atoms with Crippen LogP contribution in [-0.4, -0.2) is 49.7 Å². The highest BCUT2D eigenvalue weighted by atomic mass is 16.6. The van der Waals surface area contributed by atoms with Gasteiger partial charge in [-0.05, 0) is 41.3 Å². The minimum Gasteiger partial charge on any atom is -0.460 e. The second-order valence-electron chi connectivity index (χ2n) is 6.16. The summed E-state index contributed by atoms with van der Waals surface area (Å²) in [4.78, 5) is 23.4. The van der Waals surface area contributed by atoms with Crippen LogP contribution in [0.2, 0.25) is 0 Å². The molecule has 0 bridgehead atoms. The van der Waals surface area contributed by atoms with E-state index in [4.69, 9.17) is 15.2 Å². The first-order valence-electron chi connectivity index (χ1n) is 7.38. The third-order valence-corrected chi connectivity index (χ3v) is 3.18. The predicted molar refractivity (Wildman–Crippen MR) is 82.0 cm³/mol. The Labute approximate surface area is 127 Å². The van der Waals surface area contributed by atoms with Gasteiger partial charge in [0, 0.05) is 19.4 Å². The summed E-state index contributed by atoms with van der Waals surface area (Å²) in [5.41, 5.74) is 3.91. The fraction of sp³-hybridized carbons (Fsp3) is 0.867. The number of carbonyl (C=O) groups is 2. The molecular weight excluding hydrogens is 272 g/mol. The number of nitrogens with one attached hydrogen (secondary N) is 1. The molecule has 0 aliphatic rings. The molecule has 0 aliphatic heterocycles. The molecule has 0 aromatic heterocycles. The molecule has 0 atom stereocenters. The molecule has 0 amide bonds. The molecule has 0 saturated heterocycles. The molecule has 0 saturated carbocycles. The lowest BCUT2D eigenvalue weighted by atomic mass is 10.00. The van der Waals surface area contributed by atoms with Gasteiger partial charge in [0.2, 0.25) is 0 Å². The number of ketones is 1. The maximum Gasteiger partial charge on any atom is 0.307 e. The van der Waals surface area contributed by atoms with Crippen molar-refractivity contribution >= 4 is 11.8 Å². The lowest BCUT2D eigenvalue weighted by Gasteiger charge is -2.28. The number of nitrogens with two attached hydrogens (primary N) is 1. The minimum atomic E-state index is -0.856. The number of Topliss-reactive ketones (excluding diaryl/α,β-unsaturated/α-hetero) is 1. The standard InChI is InChI=1S/C15H30N2O4/c1-14(2,21-13(19)7-10-17-5)8-11-20-15(3,4)12(18)6-9-16/h17H,6-11,16H2,1-5H3. The van der Waals surface area contributed by atoms with Crippen molar-refractivity contribution < 1.29 is 19.1 Å². The van der Waals surface area contributed by atoms with E-state index in [-0.39, 0.29) is 11.8 Å². The number of rotatable bonds is 11. The van der Waals surface area contributed by atoms with Gasteiger partial charge in [0.1, 0.15) is 11.2 Å². The van der Waals surface area contributed by atoms with E-state index in [1.54, 1.807) is 20.9 Å². The van der Waals surface area contributed by atoms with E-state index in [1.165, 1.54) is 0 Å². The fourth-order valence-electron chi connectivity index (χ4n) is 1.70. The van der Waals surface area contributed by atoms with Crippen molar-refractivity contribution in [2.75, 3.05) is 26.7 Å². The van der Waals surface area contributed by atoms with Crippen molar-refractivity contribution in [2.24, 2.45) is 5.73 Å². The van der Waals surface area contributed by atoms with E-state index in [1.807, 2.05) is 13.8 Å². The Balaban J connectivity index is 4.19. The number of esters is 1. The van der Waals surface area contributed by atoms with Crippen molar-refractivity contribution in [2.45, 2.75) is 58.2 Å². The van der Waals surface area contributed by atoms with Gasteiger partial charge in [-0.25, -0.2) is 0 Å². The van der Waals surface area contributed by atoms with Gasteiger partial charge in [-0.15, -0.1) is 0 Å². The first-order chi connectivity index (χ1) is 9.64. The Bertz CT molecular complexity index is 341.